The Morgan fingerprint density at radius 2 is 1.94 bits per heavy atom. The minimum atomic E-state index is -1.54. The topological polar surface area (TPSA) is 41.1 Å². The molecule has 0 unspecified atom stereocenters. The Kier molecular flexibility index (Phi) is 3.56. The Balaban J connectivity index is 2.12. The maximum Gasteiger partial charge on any atom is 0.229 e. The van der Waals surface area contributed by atoms with Gasteiger partial charge in [-0.2, -0.15) is 0 Å². The predicted molar refractivity (Wildman–Crippen MR) is 60.5 cm³/mol. The summed E-state index contributed by atoms with van der Waals surface area (Å²) in [6.45, 7) is 2.59. The quantitative estimate of drug-likeness (QED) is 0.797. The summed E-state index contributed by atoms with van der Waals surface area (Å²) in [5.74, 6) is -4.74. The van der Waals surface area contributed by atoms with Crippen LogP contribution in [0.15, 0.2) is 12.1 Å². The van der Waals surface area contributed by atoms with Crippen molar-refractivity contribution in [2.75, 3.05) is 11.9 Å². The van der Waals surface area contributed by atoms with Crippen molar-refractivity contribution >= 4 is 11.6 Å². The van der Waals surface area contributed by atoms with Crippen molar-refractivity contribution in [3.63, 3.8) is 0 Å². The average Bonchev–Trinajstić information content (AvgIpc) is 2.72. The largest absolute Gasteiger partial charge is 0.326 e. The molecule has 2 atom stereocenters. The third kappa shape index (κ3) is 2.48. The molecule has 18 heavy (non-hydrogen) atoms. The Hall–Kier alpha value is -1.56. The number of nitrogens with one attached hydrogen (secondary N) is 2. The number of anilines is 1. The van der Waals surface area contributed by atoms with Crippen LogP contribution in [0.25, 0.3) is 0 Å². The van der Waals surface area contributed by atoms with Gasteiger partial charge in [0.2, 0.25) is 5.91 Å². The molecule has 0 spiro atoms. The van der Waals surface area contributed by atoms with Gasteiger partial charge in [-0.3, -0.25) is 4.79 Å². The second-order valence-corrected chi connectivity index (χ2v) is 4.38. The van der Waals surface area contributed by atoms with Crippen LogP contribution in [0.3, 0.4) is 0 Å². The zero-order chi connectivity index (χ0) is 13.3. The van der Waals surface area contributed by atoms with Gasteiger partial charge in [0.15, 0.2) is 17.5 Å². The minimum absolute atomic E-state index is 0.0140. The Bertz CT molecular complexity index is 455. The van der Waals surface area contributed by atoms with Crippen molar-refractivity contribution in [2.24, 2.45) is 5.92 Å². The summed E-state index contributed by atoms with van der Waals surface area (Å²) in [5.41, 5.74) is -0.0736. The molecule has 1 fully saturated rings. The van der Waals surface area contributed by atoms with Crippen molar-refractivity contribution in [3.8, 4) is 0 Å². The molecule has 6 heteroatoms. The van der Waals surface area contributed by atoms with E-state index < -0.39 is 17.5 Å². The SMILES string of the molecule is C[C@@H]1NCC[C@@H]1C(=O)Nc1cc(F)c(F)c(F)c1. The molecular weight excluding hydrogens is 245 g/mol. The molecule has 1 aliphatic heterocycles. The van der Waals surface area contributed by atoms with E-state index >= 15 is 0 Å². The van der Waals surface area contributed by atoms with Crippen LogP contribution >= 0.6 is 0 Å². The van der Waals surface area contributed by atoms with Crippen molar-refractivity contribution in [1.29, 1.82) is 0 Å². The van der Waals surface area contributed by atoms with E-state index in [1.54, 1.807) is 0 Å². The highest BCUT2D eigenvalue weighted by atomic mass is 19.2. The fourth-order valence-electron chi connectivity index (χ4n) is 2.08. The highest BCUT2D eigenvalue weighted by Gasteiger charge is 2.29. The fourth-order valence-corrected chi connectivity index (χ4v) is 2.08. The van der Waals surface area contributed by atoms with Crippen LogP contribution in [0.5, 0.6) is 0 Å². The first-order valence-corrected chi connectivity index (χ1v) is 5.68. The van der Waals surface area contributed by atoms with Crippen LogP contribution in [0.2, 0.25) is 0 Å². The monoisotopic (exact) mass is 258 g/mol. The lowest BCUT2D eigenvalue weighted by Crippen LogP contribution is -2.32. The van der Waals surface area contributed by atoms with Crippen molar-refractivity contribution in [2.45, 2.75) is 19.4 Å². The van der Waals surface area contributed by atoms with Crippen molar-refractivity contribution in [3.05, 3.63) is 29.6 Å². The van der Waals surface area contributed by atoms with Crippen LogP contribution < -0.4 is 10.6 Å². The van der Waals surface area contributed by atoms with Gasteiger partial charge in [-0.1, -0.05) is 0 Å². The second-order valence-electron chi connectivity index (χ2n) is 4.38. The molecular formula is C12H13F3N2O. The first kappa shape index (κ1) is 12.9. The lowest BCUT2D eigenvalue weighted by atomic mass is 10.0. The molecule has 0 bridgehead atoms. The molecule has 0 aromatic heterocycles. The van der Waals surface area contributed by atoms with E-state index in [4.69, 9.17) is 0 Å². The summed E-state index contributed by atoms with van der Waals surface area (Å²) in [4.78, 5) is 11.8. The number of hydrogen-bond donors (Lipinski definition) is 2. The molecule has 1 saturated heterocycles. The summed E-state index contributed by atoms with van der Waals surface area (Å²) in [6.07, 6.45) is 0.666. The second kappa shape index (κ2) is 4.97. The summed E-state index contributed by atoms with van der Waals surface area (Å²) in [6, 6.07) is 1.55. The number of amides is 1. The lowest BCUT2D eigenvalue weighted by Gasteiger charge is -2.15. The Labute approximate surface area is 102 Å². The molecule has 98 valence electrons. The van der Waals surface area contributed by atoms with E-state index in [-0.39, 0.29) is 23.6 Å². The van der Waals surface area contributed by atoms with E-state index in [1.165, 1.54) is 0 Å². The van der Waals surface area contributed by atoms with Gasteiger partial charge in [0.25, 0.3) is 0 Å². The van der Waals surface area contributed by atoms with E-state index in [1.807, 2.05) is 6.92 Å². The van der Waals surface area contributed by atoms with Gasteiger partial charge in [-0.05, 0) is 19.9 Å². The van der Waals surface area contributed by atoms with Crippen LogP contribution in [-0.4, -0.2) is 18.5 Å². The number of rotatable bonds is 2. The number of hydrogen-bond acceptors (Lipinski definition) is 2. The molecule has 0 saturated carbocycles. The van der Waals surface area contributed by atoms with E-state index in [2.05, 4.69) is 10.6 Å². The summed E-state index contributed by atoms with van der Waals surface area (Å²) >= 11 is 0. The number of benzene rings is 1. The molecule has 1 heterocycles. The van der Waals surface area contributed by atoms with Gasteiger partial charge in [0.1, 0.15) is 0 Å². The highest BCUT2D eigenvalue weighted by Crippen LogP contribution is 2.21. The zero-order valence-corrected chi connectivity index (χ0v) is 9.77. The molecule has 1 aromatic rings. The summed E-state index contributed by atoms with van der Waals surface area (Å²) in [7, 11) is 0. The normalized spacial score (nSPS) is 23.1. The molecule has 1 aromatic carbocycles. The summed E-state index contributed by atoms with van der Waals surface area (Å²) < 4.78 is 38.7. The van der Waals surface area contributed by atoms with Gasteiger partial charge in [-0.15, -0.1) is 0 Å². The van der Waals surface area contributed by atoms with Crippen LogP contribution in [0.1, 0.15) is 13.3 Å². The van der Waals surface area contributed by atoms with Gasteiger partial charge in [-0.25, -0.2) is 13.2 Å². The third-order valence-electron chi connectivity index (χ3n) is 3.11. The van der Waals surface area contributed by atoms with Gasteiger partial charge in [0, 0.05) is 23.9 Å². The third-order valence-corrected chi connectivity index (χ3v) is 3.11. The molecule has 1 aliphatic rings. The minimum Gasteiger partial charge on any atom is -0.326 e. The smallest absolute Gasteiger partial charge is 0.229 e. The predicted octanol–water partition coefficient (Wildman–Crippen LogP) is 2.04. The fraction of sp³-hybridized carbons (Fsp3) is 0.417. The van der Waals surface area contributed by atoms with Gasteiger partial charge < -0.3 is 10.6 Å². The maximum atomic E-state index is 13.0. The number of carbonyl (C=O) groups is 1. The lowest BCUT2D eigenvalue weighted by molar-refractivity contribution is -0.120. The zero-order valence-electron chi connectivity index (χ0n) is 9.77. The molecule has 0 aliphatic carbocycles. The molecule has 1 amide bonds. The van der Waals surface area contributed by atoms with E-state index in [0.717, 1.165) is 18.7 Å². The van der Waals surface area contributed by atoms with Crippen molar-refractivity contribution in [1.82, 2.24) is 5.32 Å². The van der Waals surface area contributed by atoms with Gasteiger partial charge in [0.05, 0.1) is 5.92 Å². The molecule has 3 nitrogen and oxygen atoms in total. The molecule has 2 N–H and O–H groups in total. The number of halogens is 3. The average molecular weight is 258 g/mol. The number of carbonyl (C=O) groups excluding carboxylic acids is 1. The van der Waals surface area contributed by atoms with Crippen molar-refractivity contribution < 1.29 is 18.0 Å². The summed E-state index contributed by atoms with van der Waals surface area (Å²) in [5, 5.41) is 5.50. The highest BCUT2D eigenvalue weighted by molar-refractivity contribution is 5.93. The van der Waals surface area contributed by atoms with Crippen LogP contribution in [0.4, 0.5) is 18.9 Å². The van der Waals surface area contributed by atoms with Crippen LogP contribution in [0, 0.1) is 23.4 Å². The van der Waals surface area contributed by atoms with Gasteiger partial charge >= 0.3 is 0 Å². The maximum absolute atomic E-state index is 13.0. The Morgan fingerprint density at radius 1 is 1.33 bits per heavy atom. The molecule has 0 radical (unpaired) electrons. The molecule has 2 rings (SSSR count). The Morgan fingerprint density at radius 3 is 2.44 bits per heavy atom. The first-order valence-electron chi connectivity index (χ1n) is 5.68. The van der Waals surface area contributed by atoms with Crippen LogP contribution in [-0.2, 0) is 4.79 Å². The van der Waals surface area contributed by atoms with E-state index in [9.17, 15) is 18.0 Å². The standard InChI is InChI=1S/C12H13F3N2O/c1-6-8(2-3-16-6)12(18)17-7-4-9(13)11(15)10(14)5-7/h4-6,8,16H,2-3H2,1H3,(H,17,18)/t6-,8-/m0/s1. The first-order chi connectivity index (χ1) is 8.49. The van der Waals surface area contributed by atoms with E-state index in [0.29, 0.717) is 6.42 Å².